The molecule has 0 saturated heterocycles. The summed E-state index contributed by atoms with van der Waals surface area (Å²) in [5.74, 6) is 2.30. The van der Waals surface area contributed by atoms with Crippen LogP contribution in [0.15, 0.2) is 77.3 Å². The summed E-state index contributed by atoms with van der Waals surface area (Å²) in [5.41, 5.74) is 2.33. The average Bonchev–Trinajstić information content (AvgIpc) is 2.70. The van der Waals surface area contributed by atoms with Crippen LogP contribution in [0.25, 0.3) is 0 Å². The number of hydrogen-bond donors (Lipinski definition) is 0. The van der Waals surface area contributed by atoms with E-state index in [1.807, 2.05) is 86.6 Å². The number of ether oxygens (including phenoxy) is 2. The molecular formula is C22H22Br2O2. The quantitative estimate of drug-likeness (QED) is 0.338. The van der Waals surface area contributed by atoms with Crippen molar-refractivity contribution in [3.05, 3.63) is 88.4 Å². The maximum absolute atomic E-state index is 5.96. The van der Waals surface area contributed by atoms with Gasteiger partial charge < -0.3 is 9.47 Å². The Hall–Kier alpha value is -1.78. The summed E-state index contributed by atoms with van der Waals surface area (Å²) in [6, 6.07) is 23.8. The second-order valence-electron chi connectivity index (χ2n) is 5.25. The van der Waals surface area contributed by atoms with Crippen LogP contribution in [0.4, 0.5) is 0 Å². The average molecular weight is 478 g/mol. The smallest absolute Gasteiger partial charge is 0.141 e. The van der Waals surface area contributed by atoms with Crippen LogP contribution in [0.5, 0.6) is 17.2 Å². The lowest BCUT2D eigenvalue weighted by molar-refractivity contribution is 0.304. The number of benzene rings is 3. The molecule has 0 aliphatic carbocycles. The van der Waals surface area contributed by atoms with Gasteiger partial charge in [0.15, 0.2) is 0 Å². The molecule has 0 aliphatic rings. The third-order valence-electron chi connectivity index (χ3n) is 3.43. The number of alkyl halides is 1. The zero-order valence-electron chi connectivity index (χ0n) is 14.9. The molecule has 0 aromatic heterocycles. The Morgan fingerprint density at radius 1 is 0.769 bits per heavy atom. The van der Waals surface area contributed by atoms with Gasteiger partial charge in [-0.15, -0.1) is 0 Å². The predicted molar refractivity (Wildman–Crippen MR) is 115 cm³/mol. The maximum atomic E-state index is 5.96. The number of hydrogen-bond acceptors (Lipinski definition) is 2. The first-order chi connectivity index (χ1) is 12.7. The van der Waals surface area contributed by atoms with E-state index in [1.165, 1.54) is 5.56 Å². The van der Waals surface area contributed by atoms with Crippen LogP contribution < -0.4 is 9.47 Å². The molecular weight excluding hydrogens is 456 g/mol. The Morgan fingerprint density at radius 2 is 1.50 bits per heavy atom. The van der Waals surface area contributed by atoms with Crippen LogP contribution in [-0.4, -0.2) is 0 Å². The van der Waals surface area contributed by atoms with Gasteiger partial charge in [-0.3, -0.25) is 0 Å². The molecule has 0 saturated carbocycles. The van der Waals surface area contributed by atoms with E-state index in [2.05, 4.69) is 31.9 Å². The van der Waals surface area contributed by atoms with E-state index in [9.17, 15) is 0 Å². The Morgan fingerprint density at radius 3 is 2.19 bits per heavy atom. The first-order valence-corrected chi connectivity index (χ1v) is 10.4. The van der Waals surface area contributed by atoms with Gasteiger partial charge in [0.1, 0.15) is 23.9 Å². The van der Waals surface area contributed by atoms with E-state index in [1.54, 1.807) is 0 Å². The first kappa shape index (κ1) is 20.5. The monoisotopic (exact) mass is 476 g/mol. The summed E-state index contributed by atoms with van der Waals surface area (Å²) in [4.78, 5) is 0. The molecule has 3 aromatic carbocycles. The van der Waals surface area contributed by atoms with E-state index in [0.717, 1.165) is 32.6 Å². The summed E-state index contributed by atoms with van der Waals surface area (Å²) in [5, 5.41) is 0.814. The topological polar surface area (TPSA) is 18.5 Å². The van der Waals surface area contributed by atoms with E-state index in [4.69, 9.17) is 9.47 Å². The van der Waals surface area contributed by atoms with Gasteiger partial charge in [-0.1, -0.05) is 72.2 Å². The minimum atomic E-state index is 0.536. The lowest BCUT2D eigenvalue weighted by atomic mass is 10.2. The lowest BCUT2D eigenvalue weighted by Gasteiger charge is -2.11. The fraction of sp³-hybridized carbons (Fsp3) is 0.182. The summed E-state index contributed by atoms with van der Waals surface area (Å²) in [6.45, 7) is 4.54. The Balaban J connectivity index is 0.00000117. The van der Waals surface area contributed by atoms with E-state index >= 15 is 0 Å². The fourth-order valence-electron chi connectivity index (χ4n) is 2.21. The second kappa shape index (κ2) is 11.0. The van der Waals surface area contributed by atoms with Crippen LogP contribution in [0.2, 0.25) is 0 Å². The molecule has 136 valence electrons. The molecule has 0 radical (unpaired) electrons. The van der Waals surface area contributed by atoms with Gasteiger partial charge in [-0.05, 0) is 51.3 Å². The van der Waals surface area contributed by atoms with Crippen LogP contribution in [-0.2, 0) is 11.9 Å². The zero-order valence-corrected chi connectivity index (χ0v) is 18.1. The first-order valence-electron chi connectivity index (χ1n) is 8.53. The van der Waals surface area contributed by atoms with Crippen LogP contribution in [0.1, 0.15) is 25.0 Å². The summed E-state index contributed by atoms with van der Waals surface area (Å²) in [7, 11) is 0. The molecule has 0 unspecified atom stereocenters. The van der Waals surface area contributed by atoms with Gasteiger partial charge >= 0.3 is 0 Å². The van der Waals surface area contributed by atoms with E-state index in [0.29, 0.717) is 6.61 Å². The molecule has 4 heteroatoms. The molecule has 0 amide bonds. The highest BCUT2D eigenvalue weighted by Gasteiger charge is 2.05. The van der Waals surface area contributed by atoms with Gasteiger partial charge in [-0.25, -0.2) is 0 Å². The highest BCUT2D eigenvalue weighted by atomic mass is 79.9. The van der Waals surface area contributed by atoms with Crippen molar-refractivity contribution in [2.24, 2.45) is 0 Å². The van der Waals surface area contributed by atoms with Gasteiger partial charge in [0.25, 0.3) is 0 Å². The fourth-order valence-corrected chi connectivity index (χ4v) is 3.06. The Kier molecular flexibility index (Phi) is 8.72. The van der Waals surface area contributed by atoms with Gasteiger partial charge in [0.2, 0.25) is 0 Å². The zero-order chi connectivity index (χ0) is 18.8. The maximum Gasteiger partial charge on any atom is 0.141 e. The highest BCUT2D eigenvalue weighted by Crippen LogP contribution is 2.32. The summed E-state index contributed by atoms with van der Waals surface area (Å²) >= 11 is 7.00. The molecule has 0 atom stereocenters. The largest absolute Gasteiger partial charge is 0.489 e. The predicted octanol–water partition coefficient (Wildman–Crippen LogP) is 7.74. The molecule has 0 heterocycles. The molecule has 0 bridgehead atoms. The molecule has 0 aliphatic heterocycles. The normalized spacial score (nSPS) is 9.85. The van der Waals surface area contributed by atoms with E-state index < -0.39 is 0 Å². The van der Waals surface area contributed by atoms with Crippen molar-refractivity contribution in [1.82, 2.24) is 0 Å². The van der Waals surface area contributed by atoms with Crippen LogP contribution in [0, 0.1) is 0 Å². The number of halogens is 2. The minimum Gasteiger partial charge on any atom is -0.489 e. The SMILES string of the molecule is BrCc1ccc(Oc2cccc(OCc3ccccc3)c2)c(Br)c1.CC. The lowest BCUT2D eigenvalue weighted by Crippen LogP contribution is -1.95. The minimum absolute atomic E-state index is 0.536. The van der Waals surface area contributed by atoms with Crippen molar-refractivity contribution in [3.8, 4) is 17.2 Å². The molecule has 0 N–H and O–H groups in total. The van der Waals surface area contributed by atoms with Crippen molar-refractivity contribution in [2.45, 2.75) is 25.8 Å². The van der Waals surface area contributed by atoms with Crippen molar-refractivity contribution < 1.29 is 9.47 Å². The third-order valence-corrected chi connectivity index (χ3v) is 4.70. The van der Waals surface area contributed by atoms with Crippen LogP contribution in [0.3, 0.4) is 0 Å². The van der Waals surface area contributed by atoms with Crippen molar-refractivity contribution in [2.75, 3.05) is 0 Å². The molecule has 2 nitrogen and oxygen atoms in total. The van der Waals surface area contributed by atoms with Gasteiger partial charge in [0.05, 0.1) is 4.47 Å². The van der Waals surface area contributed by atoms with Crippen molar-refractivity contribution in [1.29, 1.82) is 0 Å². The standard InChI is InChI=1S/C20H16Br2O2.C2H6/c21-13-16-9-10-20(19(22)11-16)24-18-8-4-7-17(12-18)23-14-15-5-2-1-3-6-15;1-2/h1-12H,13-14H2;1-2H3. The molecule has 0 fully saturated rings. The van der Waals surface area contributed by atoms with E-state index in [-0.39, 0.29) is 0 Å². The summed E-state index contributed by atoms with van der Waals surface area (Å²) in [6.07, 6.45) is 0. The molecule has 3 rings (SSSR count). The second-order valence-corrected chi connectivity index (χ2v) is 6.66. The third kappa shape index (κ3) is 6.19. The molecule has 26 heavy (non-hydrogen) atoms. The van der Waals surface area contributed by atoms with Crippen molar-refractivity contribution in [3.63, 3.8) is 0 Å². The van der Waals surface area contributed by atoms with Crippen molar-refractivity contribution >= 4 is 31.9 Å². The molecule has 0 spiro atoms. The molecule has 3 aromatic rings. The van der Waals surface area contributed by atoms with Gasteiger partial charge in [0, 0.05) is 11.4 Å². The van der Waals surface area contributed by atoms with Crippen LogP contribution >= 0.6 is 31.9 Å². The Labute approximate surface area is 172 Å². The van der Waals surface area contributed by atoms with Gasteiger partial charge in [-0.2, -0.15) is 0 Å². The number of rotatable bonds is 6. The Bertz CT molecular complexity index is 804. The highest BCUT2D eigenvalue weighted by molar-refractivity contribution is 9.10. The summed E-state index contributed by atoms with van der Waals surface area (Å²) < 4.78 is 12.7.